The van der Waals surface area contributed by atoms with E-state index in [4.69, 9.17) is 21.1 Å². The number of hydrogen-bond acceptors (Lipinski definition) is 7. The average molecular weight is 334 g/mol. The highest BCUT2D eigenvalue weighted by Gasteiger charge is 2.32. The molecule has 0 saturated carbocycles. The summed E-state index contributed by atoms with van der Waals surface area (Å²) in [5.74, 6) is 0. The van der Waals surface area contributed by atoms with Crippen LogP contribution in [0.5, 0.6) is 0 Å². The molecule has 0 aliphatic carbocycles. The van der Waals surface area contributed by atoms with Crippen LogP contribution in [-0.2, 0) is 16.1 Å². The van der Waals surface area contributed by atoms with E-state index < -0.39 is 21.2 Å². The van der Waals surface area contributed by atoms with E-state index in [-0.39, 0.29) is 35.5 Å². The van der Waals surface area contributed by atoms with Gasteiger partial charge in [-0.05, 0) is 6.92 Å². The topological polar surface area (TPSA) is 117 Å². The van der Waals surface area contributed by atoms with E-state index in [1.165, 1.54) is 14.2 Å². The van der Waals surface area contributed by atoms with Gasteiger partial charge in [-0.15, -0.1) is 0 Å². The van der Waals surface area contributed by atoms with Gasteiger partial charge in [-0.1, -0.05) is 11.6 Å². The molecule has 1 aromatic carbocycles. The lowest BCUT2D eigenvalue weighted by Crippen LogP contribution is -2.22. The van der Waals surface area contributed by atoms with Crippen molar-refractivity contribution in [3.63, 3.8) is 0 Å². The molecule has 0 heterocycles. The van der Waals surface area contributed by atoms with Crippen LogP contribution < -0.4 is 5.32 Å². The second kappa shape index (κ2) is 7.87. The first-order valence-corrected chi connectivity index (χ1v) is 6.59. The van der Waals surface area contributed by atoms with Gasteiger partial charge in [0.2, 0.25) is 0 Å². The lowest BCUT2D eigenvalue weighted by molar-refractivity contribution is -0.393. The molecule has 9 nitrogen and oxygen atoms in total. The Bertz CT molecular complexity index is 580. The molecule has 0 bridgehead atoms. The lowest BCUT2D eigenvalue weighted by atomic mass is 10.1. The fraction of sp³-hybridized carbons (Fsp3) is 0.500. The number of ether oxygens (including phenoxy) is 2. The number of methoxy groups -OCH3 is 2. The molecule has 0 aliphatic heterocycles. The van der Waals surface area contributed by atoms with Gasteiger partial charge in [-0.2, -0.15) is 0 Å². The molecule has 0 spiro atoms. The molecule has 0 radical (unpaired) electrons. The average Bonchev–Trinajstić information content (AvgIpc) is 2.41. The number of benzene rings is 1. The third-order valence-electron chi connectivity index (χ3n) is 2.81. The Kier molecular flexibility index (Phi) is 6.47. The minimum Gasteiger partial charge on any atom is -0.383 e. The fourth-order valence-electron chi connectivity index (χ4n) is 1.97. The zero-order chi connectivity index (χ0) is 16.9. The van der Waals surface area contributed by atoms with Crippen molar-refractivity contribution >= 4 is 28.7 Å². The van der Waals surface area contributed by atoms with Crippen molar-refractivity contribution in [1.82, 2.24) is 0 Å². The van der Waals surface area contributed by atoms with Crippen molar-refractivity contribution in [3.8, 4) is 0 Å². The Hall–Kier alpha value is -1.97. The Morgan fingerprint density at radius 2 is 1.91 bits per heavy atom. The zero-order valence-electron chi connectivity index (χ0n) is 12.3. The lowest BCUT2D eigenvalue weighted by Gasteiger charge is -2.16. The predicted molar refractivity (Wildman–Crippen MR) is 80.4 cm³/mol. The van der Waals surface area contributed by atoms with Crippen molar-refractivity contribution in [3.05, 3.63) is 36.9 Å². The number of rotatable bonds is 8. The number of nitrogens with zero attached hydrogens (tertiary/aromatic N) is 2. The molecule has 10 heteroatoms. The molecule has 0 saturated heterocycles. The zero-order valence-corrected chi connectivity index (χ0v) is 13.0. The summed E-state index contributed by atoms with van der Waals surface area (Å²) < 4.78 is 9.82. The van der Waals surface area contributed by atoms with E-state index >= 15 is 0 Å². The van der Waals surface area contributed by atoms with E-state index in [0.717, 1.165) is 6.07 Å². The molecule has 0 aromatic heterocycles. The van der Waals surface area contributed by atoms with E-state index in [0.29, 0.717) is 0 Å². The van der Waals surface area contributed by atoms with Gasteiger partial charge in [0.15, 0.2) is 5.69 Å². The van der Waals surface area contributed by atoms with Crippen molar-refractivity contribution in [1.29, 1.82) is 0 Å². The quantitative estimate of drug-likeness (QED) is 0.574. The monoisotopic (exact) mass is 333 g/mol. The van der Waals surface area contributed by atoms with Crippen LogP contribution in [0.4, 0.5) is 17.1 Å². The second-order valence-electron chi connectivity index (χ2n) is 4.53. The molecule has 122 valence electrons. The first-order chi connectivity index (χ1) is 10.3. The van der Waals surface area contributed by atoms with Crippen molar-refractivity contribution in [2.45, 2.75) is 19.6 Å². The number of anilines is 1. The maximum atomic E-state index is 11.4. The second-order valence-corrected chi connectivity index (χ2v) is 4.93. The third-order valence-corrected chi connectivity index (χ3v) is 3.14. The summed E-state index contributed by atoms with van der Waals surface area (Å²) >= 11 is 5.93. The largest absolute Gasteiger partial charge is 0.383 e. The van der Waals surface area contributed by atoms with Crippen LogP contribution in [0.1, 0.15) is 12.5 Å². The maximum absolute atomic E-state index is 11.4. The van der Waals surface area contributed by atoms with Gasteiger partial charge in [0.1, 0.15) is 0 Å². The molecule has 0 amide bonds. The number of nitro benzene ring substituents is 2. The SMILES string of the molecule is COCc1c(Cl)cc([N+](=O)[O-])c(NC(C)COC)c1[N+](=O)[O-]. The molecule has 1 atom stereocenters. The molecule has 1 N–H and O–H groups in total. The van der Waals surface area contributed by atoms with Crippen LogP contribution in [-0.4, -0.2) is 36.7 Å². The third kappa shape index (κ3) is 4.03. The van der Waals surface area contributed by atoms with Crippen LogP contribution in [0.15, 0.2) is 6.07 Å². The minimum absolute atomic E-state index is 0.0758. The van der Waals surface area contributed by atoms with Gasteiger partial charge in [0.25, 0.3) is 0 Å². The summed E-state index contributed by atoms with van der Waals surface area (Å²) in [5, 5.41) is 25.2. The molecule has 1 rings (SSSR count). The summed E-state index contributed by atoms with van der Waals surface area (Å²) in [4.78, 5) is 21.1. The van der Waals surface area contributed by atoms with Gasteiger partial charge in [-0.25, -0.2) is 0 Å². The Labute approximate surface area is 131 Å². The Morgan fingerprint density at radius 3 is 2.36 bits per heavy atom. The van der Waals surface area contributed by atoms with E-state index in [2.05, 4.69) is 5.32 Å². The summed E-state index contributed by atoms with van der Waals surface area (Å²) in [5.41, 5.74) is -1.08. The number of nitrogens with one attached hydrogen (secondary N) is 1. The van der Waals surface area contributed by atoms with Gasteiger partial charge < -0.3 is 14.8 Å². The summed E-state index contributed by atoms with van der Waals surface area (Å²) in [6.07, 6.45) is 0. The van der Waals surface area contributed by atoms with Gasteiger partial charge in [0, 0.05) is 26.3 Å². The van der Waals surface area contributed by atoms with Crippen LogP contribution in [0.3, 0.4) is 0 Å². The van der Waals surface area contributed by atoms with Gasteiger partial charge in [-0.3, -0.25) is 20.2 Å². The fourth-order valence-corrected chi connectivity index (χ4v) is 2.22. The highest BCUT2D eigenvalue weighted by atomic mass is 35.5. The molecular formula is C12H16ClN3O6. The minimum atomic E-state index is -0.725. The van der Waals surface area contributed by atoms with Crippen LogP contribution in [0.2, 0.25) is 5.02 Å². The van der Waals surface area contributed by atoms with E-state index in [1.807, 2.05) is 0 Å². The molecule has 1 aromatic rings. The summed E-state index contributed by atoms with van der Waals surface area (Å²) in [6.45, 7) is 1.76. The van der Waals surface area contributed by atoms with E-state index in [1.54, 1.807) is 6.92 Å². The molecule has 22 heavy (non-hydrogen) atoms. The number of hydrogen-bond donors (Lipinski definition) is 1. The van der Waals surface area contributed by atoms with Gasteiger partial charge >= 0.3 is 11.4 Å². The normalized spacial score (nSPS) is 12.0. The molecule has 0 fully saturated rings. The highest BCUT2D eigenvalue weighted by molar-refractivity contribution is 6.32. The van der Waals surface area contributed by atoms with Crippen LogP contribution in [0, 0.1) is 20.2 Å². The molecule has 1 unspecified atom stereocenters. The summed E-state index contributed by atoms with van der Waals surface area (Å²) in [6, 6.07) is 0.698. The van der Waals surface area contributed by atoms with Crippen LogP contribution in [0.25, 0.3) is 0 Å². The first-order valence-electron chi connectivity index (χ1n) is 6.22. The standard InChI is InChI=1S/C12H16ClN3O6/c1-7(5-21-2)14-11-10(15(17)18)4-9(13)8(6-22-3)12(11)16(19)20/h4,7,14H,5-6H2,1-3H3. The predicted octanol–water partition coefficient (Wildman–Crippen LogP) is 2.75. The van der Waals surface area contributed by atoms with Crippen molar-refractivity contribution < 1.29 is 19.3 Å². The molecular weight excluding hydrogens is 318 g/mol. The smallest absolute Gasteiger partial charge is 0.306 e. The van der Waals surface area contributed by atoms with Crippen molar-refractivity contribution in [2.75, 3.05) is 26.1 Å². The number of halogens is 1. The first kappa shape index (κ1) is 18.1. The van der Waals surface area contributed by atoms with Crippen LogP contribution >= 0.6 is 11.6 Å². The van der Waals surface area contributed by atoms with Gasteiger partial charge in [0.05, 0.1) is 33.6 Å². The molecule has 0 aliphatic rings. The van der Waals surface area contributed by atoms with Crippen molar-refractivity contribution in [2.24, 2.45) is 0 Å². The maximum Gasteiger partial charge on any atom is 0.306 e. The van der Waals surface area contributed by atoms with E-state index in [9.17, 15) is 20.2 Å². The number of nitro groups is 2. The Morgan fingerprint density at radius 1 is 1.27 bits per heavy atom. The summed E-state index contributed by atoms with van der Waals surface area (Å²) in [7, 11) is 2.81. The highest BCUT2D eigenvalue weighted by Crippen LogP contribution is 2.42. The Balaban J connectivity index is 3.55.